The standard InChI is InChI=1S/C33H51NO8/c1-31-16-14-23(35)19-22(31)12-13-24-25-15-17-33(41,32(25,2)20-26(36)29(24)31)27(37)21-42-30(40)34-18-10-8-6-4-3-5-7-9-11-28(38)39/h19,24-26,29,36,41H,3-18,20-21H2,1-2H3,(H,34,40)(H,38,39)/t24?,25?,26?,29?,31?,32?,33-/m0/s1. The van der Waals surface area contributed by atoms with Crippen molar-refractivity contribution in [3.8, 4) is 0 Å². The van der Waals surface area contributed by atoms with Crippen LogP contribution in [-0.2, 0) is 19.1 Å². The summed E-state index contributed by atoms with van der Waals surface area (Å²) < 4.78 is 5.23. The highest BCUT2D eigenvalue weighted by molar-refractivity contribution is 5.92. The van der Waals surface area contributed by atoms with E-state index in [1.807, 2.05) is 6.92 Å². The number of carbonyl (C=O) groups excluding carboxylic acids is 3. The molecule has 9 nitrogen and oxygen atoms in total. The molecule has 0 aromatic heterocycles. The molecule has 42 heavy (non-hydrogen) atoms. The van der Waals surface area contributed by atoms with E-state index in [0.29, 0.717) is 32.2 Å². The molecular formula is C33H51NO8. The van der Waals surface area contributed by atoms with Gasteiger partial charge in [0.25, 0.3) is 0 Å². The molecule has 4 N–H and O–H groups in total. The van der Waals surface area contributed by atoms with Gasteiger partial charge in [-0.15, -0.1) is 0 Å². The SMILES string of the molecule is CC12CCC(=O)C=C1CCC1C2C(O)CC2(C)C1CC[C@]2(O)C(=O)COC(=O)NCCCCCCCCCCC(=O)O. The Morgan fingerprint density at radius 2 is 1.64 bits per heavy atom. The van der Waals surface area contributed by atoms with Crippen molar-refractivity contribution in [2.45, 2.75) is 128 Å². The van der Waals surface area contributed by atoms with Gasteiger partial charge < -0.3 is 25.4 Å². The molecule has 3 fully saturated rings. The summed E-state index contributed by atoms with van der Waals surface area (Å²) in [6, 6.07) is 0. The third-order valence-electron chi connectivity index (χ3n) is 11.4. The third-order valence-corrected chi connectivity index (χ3v) is 11.4. The fourth-order valence-corrected chi connectivity index (χ4v) is 9.10. The van der Waals surface area contributed by atoms with Crippen molar-refractivity contribution in [3.63, 3.8) is 0 Å². The maximum absolute atomic E-state index is 13.4. The van der Waals surface area contributed by atoms with Gasteiger partial charge in [0.1, 0.15) is 5.60 Å². The van der Waals surface area contributed by atoms with Crippen LogP contribution in [0.1, 0.15) is 117 Å². The number of rotatable bonds is 14. The lowest BCUT2D eigenvalue weighted by Gasteiger charge is -2.60. The Bertz CT molecular complexity index is 1060. The van der Waals surface area contributed by atoms with E-state index < -0.39 is 41.6 Å². The van der Waals surface area contributed by atoms with E-state index in [4.69, 9.17) is 9.84 Å². The highest BCUT2D eigenvalue weighted by Gasteiger charge is 2.68. The highest BCUT2D eigenvalue weighted by Crippen LogP contribution is 2.67. The van der Waals surface area contributed by atoms with Gasteiger partial charge in [-0.05, 0) is 80.6 Å². The van der Waals surface area contributed by atoms with Crippen LogP contribution in [0.4, 0.5) is 4.79 Å². The third kappa shape index (κ3) is 6.62. The van der Waals surface area contributed by atoms with Crippen molar-refractivity contribution in [1.82, 2.24) is 5.32 Å². The number of carbonyl (C=O) groups is 4. The quantitative estimate of drug-likeness (QED) is 0.204. The first-order chi connectivity index (χ1) is 19.9. The van der Waals surface area contributed by atoms with Crippen LogP contribution in [0.2, 0.25) is 0 Å². The van der Waals surface area contributed by atoms with E-state index in [0.717, 1.165) is 76.2 Å². The number of Topliss-reactive ketones (excluding diaryl/α,β-unsaturated/α-hetero) is 1. The van der Waals surface area contributed by atoms with E-state index >= 15 is 0 Å². The summed E-state index contributed by atoms with van der Waals surface area (Å²) in [6.07, 6.45) is 12.5. The molecule has 4 aliphatic rings. The van der Waals surface area contributed by atoms with E-state index in [1.165, 1.54) is 0 Å². The number of aliphatic hydroxyl groups excluding tert-OH is 1. The Labute approximate surface area is 249 Å². The molecule has 1 amide bonds. The van der Waals surface area contributed by atoms with Crippen molar-refractivity contribution in [3.05, 3.63) is 11.6 Å². The number of nitrogens with one attached hydrogen (secondary N) is 1. The summed E-state index contributed by atoms with van der Waals surface area (Å²) in [7, 11) is 0. The first kappa shape index (κ1) is 32.6. The summed E-state index contributed by atoms with van der Waals surface area (Å²) in [5, 5.41) is 34.7. The van der Waals surface area contributed by atoms with Gasteiger partial charge in [-0.1, -0.05) is 57.9 Å². The second-order valence-electron chi connectivity index (χ2n) is 13.9. The van der Waals surface area contributed by atoms with Crippen LogP contribution in [0, 0.1) is 28.6 Å². The first-order valence-electron chi connectivity index (χ1n) is 16.2. The lowest BCUT2D eigenvalue weighted by atomic mass is 9.45. The van der Waals surface area contributed by atoms with E-state index in [2.05, 4.69) is 12.2 Å². The largest absolute Gasteiger partial charge is 0.481 e. The molecule has 3 saturated carbocycles. The number of alkyl carbamates (subject to hydrolysis) is 1. The summed E-state index contributed by atoms with van der Waals surface area (Å²) in [5.41, 5.74) is -1.54. The molecule has 0 aliphatic heterocycles. The molecular weight excluding hydrogens is 538 g/mol. The average Bonchev–Trinajstić information content (AvgIpc) is 3.21. The predicted octanol–water partition coefficient (Wildman–Crippen LogP) is 5.11. The zero-order chi connectivity index (χ0) is 30.5. The van der Waals surface area contributed by atoms with Gasteiger partial charge in [-0.3, -0.25) is 14.4 Å². The van der Waals surface area contributed by atoms with Gasteiger partial charge in [-0.25, -0.2) is 4.79 Å². The van der Waals surface area contributed by atoms with Gasteiger partial charge >= 0.3 is 12.1 Å². The summed E-state index contributed by atoms with van der Waals surface area (Å²) in [4.78, 5) is 48.3. The monoisotopic (exact) mass is 589 g/mol. The molecule has 0 saturated heterocycles. The molecule has 4 rings (SSSR count). The number of fused-ring (bicyclic) bond motifs is 5. The molecule has 0 radical (unpaired) electrons. The van der Waals surface area contributed by atoms with Gasteiger partial charge in [0, 0.05) is 24.8 Å². The molecule has 7 atom stereocenters. The summed E-state index contributed by atoms with van der Waals surface area (Å²) >= 11 is 0. The normalized spacial score (nSPS) is 35.4. The minimum atomic E-state index is -1.66. The molecule has 4 aliphatic carbocycles. The smallest absolute Gasteiger partial charge is 0.407 e. The molecule has 0 aromatic rings. The number of aliphatic hydroxyl groups is 2. The number of carboxylic acids is 1. The first-order valence-corrected chi connectivity index (χ1v) is 16.2. The van der Waals surface area contributed by atoms with Crippen LogP contribution in [0.25, 0.3) is 0 Å². The number of aliphatic carboxylic acids is 1. The number of ether oxygens (including phenoxy) is 1. The Balaban J connectivity index is 1.21. The van der Waals surface area contributed by atoms with Crippen LogP contribution in [-0.4, -0.2) is 63.8 Å². The number of hydrogen-bond donors (Lipinski definition) is 4. The van der Waals surface area contributed by atoms with Gasteiger partial charge in [0.2, 0.25) is 5.78 Å². The van der Waals surface area contributed by atoms with Crippen molar-refractivity contribution in [2.24, 2.45) is 28.6 Å². The second kappa shape index (κ2) is 13.6. The van der Waals surface area contributed by atoms with E-state index in [-0.39, 0.29) is 35.4 Å². The van der Waals surface area contributed by atoms with Crippen LogP contribution < -0.4 is 5.32 Å². The minimum Gasteiger partial charge on any atom is -0.481 e. The Hall–Kier alpha value is -2.26. The molecule has 0 spiro atoms. The van der Waals surface area contributed by atoms with E-state index in [1.54, 1.807) is 6.08 Å². The van der Waals surface area contributed by atoms with Crippen LogP contribution in [0.5, 0.6) is 0 Å². The fourth-order valence-electron chi connectivity index (χ4n) is 9.10. The van der Waals surface area contributed by atoms with Gasteiger partial charge in [0.15, 0.2) is 12.4 Å². The Morgan fingerprint density at radius 3 is 2.33 bits per heavy atom. The lowest BCUT2D eigenvalue weighted by molar-refractivity contribution is -0.182. The fraction of sp³-hybridized carbons (Fsp3) is 0.818. The summed E-state index contributed by atoms with van der Waals surface area (Å²) in [5.74, 6) is -0.824. The van der Waals surface area contributed by atoms with Gasteiger partial charge in [-0.2, -0.15) is 0 Å². The molecule has 0 heterocycles. The summed E-state index contributed by atoms with van der Waals surface area (Å²) in [6.45, 7) is 4.06. The zero-order valence-corrected chi connectivity index (χ0v) is 25.5. The number of unbranched alkanes of at least 4 members (excludes halogenated alkanes) is 7. The second-order valence-corrected chi connectivity index (χ2v) is 13.9. The Kier molecular flexibility index (Phi) is 10.6. The molecule has 9 heteroatoms. The number of amides is 1. The Morgan fingerprint density at radius 1 is 0.976 bits per heavy atom. The van der Waals surface area contributed by atoms with Crippen molar-refractivity contribution < 1.29 is 39.2 Å². The highest BCUT2D eigenvalue weighted by atomic mass is 16.6. The number of ketones is 2. The molecule has 0 bridgehead atoms. The molecule has 0 aromatic carbocycles. The van der Waals surface area contributed by atoms with Crippen molar-refractivity contribution >= 4 is 23.6 Å². The maximum atomic E-state index is 13.4. The van der Waals surface area contributed by atoms with E-state index in [9.17, 15) is 29.4 Å². The van der Waals surface area contributed by atoms with Crippen LogP contribution in [0.15, 0.2) is 11.6 Å². The van der Waals surface area contributed by atoms with Gasteiger partial charge in [0.05, 0.1) is 6.10 Å². The van der Waals surface area contributed by atoms with Crippen molar-refractivity contribution in [1.29, 1.82) is 0 Å². The number of hydrogen-bond acceptors (Lipinski definition) is 7. The average molecular weight is 590 g/mol. The minimum absolute atomic E-state index is 0.00645. The maximum Gasteiger partial charge on any atom is 0.407 e. The number of carboxylic acid groups (broad SMARTS) is 1. The lowest BCUT2D eigenvalue weighted by Crippen LogP contribution is -2.62. The molecule has 236 valence electrons. The van der Waals surface area contributed by atoms with Crippen LogP contribution >= 0.6 is 0 Å². The van der Waals surface area contributed by atoms with Crippen LogP contribution in [0.3, 0.4) is 0 Å². The van der Waals surface area contributed by atoms with Crippen molar-refractivity contribution in [2.75, 3.05) is 13.2 Å². The predicted molar refractivity (Wildman–Crippen MR) is 157 cm³/mol. The molecule has 6 unspecified atom stereocenters. The zero-order valence-electron chi connectivity index (χ0n) is 25.5. The number of allylic oxidation sites excluding steroid dienone is 1. The topological polar surface area (TPSA) is 150 Å².